The van der Waals surface area contributed by atoms with E-state index >= 15 is 0 Å². The molecule has 0 bridgehead atoms. The highest BCUT2D eigenvalue weighted by Gasteiger charge is 2.45. The molecule has 2 atom stereocenters. The lowest BCUT2D eigenvalue weighted by Crippen LogP contribution is -2.55. The van der Waals surface area contributed by atoms with Gasteiger partial charge in [-0.3, -0.25) is 14.9 Å². The summed E-state index contributed by atoms with van der Waals surface area (Å²) in [6.45, 7) is 6.15. The van der Waals surface area contributed by atoms with Crippen molar-refractivity contribution in [1.29, 1.82) is 0 Å². The minimum Gasteiger partial charge on any atom is -0.294 e. The smallest absolute Gasteiger partial charge is 0.242 e. The van der Waals surface area contributed by atoms with E-state index in [0.29, 0.717) is 0 Å². The summed E-state index contributed by atoms with van der Waals surface area (Å²) in [6.07, 6.45) is 4.59. The molecule has 1 fully saturated rings. The van der Waals surface area contributed by atoms with Crippen molar-refractivity contribution < 1.29 is 9.59 Å². The summed E-state index contributed by atoms with van der Waals surface area (Å²) in [5.74, 6) is -0.193. The third kappa shape index (κ3) is 2.59. The number of imide groups is 1. The summed E-state index contributed by atoms with van der Waals surface area (Å²) in [5.41, 5.74) is 0. The van der Waals surface area contributed by atoms with E-state index in [1.807, 2.05) is 13.8 Å². The Balaban J connectivity index is 2.81. The zero-order chi connectivity index (χ0) is 12.2. The Morgan fingerprint density at radius 1 is 1.31 bits per heavy atom. The lowest BCUT2D eigenvalue weighted by Gasteiger charge is -2.37. The van der Waals surface area contributed by atoms with Crippen LogP contribution in [0.4, 0.5) is 0 Å². The second-order valence-electron chi connectivity index (χ2n) is 4.28. The summed E-state index contributed by atoms with van der Waals surface area (Å²) < 4.78 is -0.370. The molecule has 3 nitrogen and oxygen atoms in total. The van der Waals surface area contributed by atoms with E-state index in [9.17, 15) is 9.59 Å². The van der Waals surface area contributed by atoms with Crippen LogP contribution in [0.2, 0.25) is 0 Å². The highest BCUT2D eigenvalue weighted by Crippen LogP contribution is 2.41. The molecule has 92 valence electrons. The van der Waals surface area contributed by atoms with Crippen molar-refractivity contribution >= 4 is 23.6 Å². The van der Waals surface area contributed by atoms with E-state index in [1.54, 1.807) is 11.8 Å². The fourth-order valence-electron chi connectivity index (χ4n) is 2.01. The Morgan fingerprint density at radius 2 is 2.00 bits per heavy atom. The Bertz CT molecular complexity index is 280. The molecule has 1 heterocycles. The molecule has 0 aromatic rings. The predicted octanol–water partition coefficient (Wildman–Crippen LogP) is 2.49. The third-order valence-corrected chi connectivity index (χ3v) is 5.15. The SMILES string of the molecule is CCCC[C@]1(CC)S[C@H](CC)C(=O)NC1=O. The first-order chi connectivity index (χ1) is 7.59. The monoisotopic (exact) mass is 243 g/mol. The van der Waals surface area contributed by atoms with Gasteiger partial charge in [-0.1, -0.05) is 33.6 Å². The molecule has 1 aliphatic heterocycles. The van der Waals surface area contributed by atoms with Crippen LogP contribution in [0, 0.1) is 0 Å². The first-order valence-corrected chi connectivity index (χ1v) is 7.00. The lowest BCUT2D eigenvalue weighted by molar-refractivity contribution is -0.132. The van der Waals surface area contributed by atoms with E-state index in [0.717, 1.165) is 32.1 Å². The van der Waals surface area contributed by atoms with Gasteiger partial charge in [0, 0.05) is 0 Å². The zero-order valence-electron chi connectivity index (χ0n) is 10.3. The second kappa shape index (κ2) is 5.71. The quantitative estimate of drug-likeness (QED) is 0.755. The Hall–Kier alpha value is -0.510. The van der Waals surface area contributed by atoms with Crippen molar-refractivity contribution in [3.63, 3.8) is 0 Å². The molecule has 0 aromatic heterocycles. The highest BCUT2D eigenvalue weighted by atomic mass is 32.2. The highest BCUT2D eigenvalue weighted by molar-refractivity contribution is 8.02. The molecular weight excluding hydrogens is 222 g/mol. The molecule has 0 radical (unpaired) electrons. The van der Waals surface area contributed by atoms with E-state index in [4.69, 9.17) is 0 Å². The fourth-order valence-corrected chi connectivity index (χ4v) is 3.47. The number of carbonyl (C=O) groups excluding carboxylic acids is 2. The van der Waals surface area contributed by atoms with Gasteiger partial charge in [-0.05, 0) is 19.3 Å². The standard InChI is InChI=1S/C12H21NO2S/c1-4-7-8-12(6-3)11(15)13-10(14)9(5-2)16-12/h9H,4-8H2,1-3H3,(H,13,14,15)/t9-,12+/m1/s1. The maximum absolute atomic E-state index is 12.0. The molecule has 1 saturated heterocycles. The first kappa shape index (κ1) is 13.6. The lowest BCUT2D eigenvalue weighted by atomic mass is 9.96. The molecule has 0 saturated carbocycles. The molecule has 0 spiro atoms. The van der Waals surface area contributed by atoms with Crippen LogP contribution in [0.1, 0.15) is 52.9 Å². The average molecular weight is 243 g/mol. The van der Waals surface area contributed by atoms with Crippen LogP contribution in [0.3, 0.4) is 0 Å². The molecule has 0 unspecified atom stereocenters. The molecule has 1 aliphatic rings. The number of amides is 2. The van der Waals surface area contributed by atoms with Crippen molar-refractivity contribution in [2.24, 2.45) is 0 Å². The summed E-state index contributed by atoms with van der Waals surface area (Å²) in [5, 5.41) is 2.47. The van der Waals surface area contributed by atoms with Gasteiger partial charge in [0.05, 0.1) is 10.00 Å². The summed E-state index contributed by atoms with van der Waals surface area (Å²) >= 11 is 1.57. The minimum absolute atomic E-state index is 0.0606. The van der Waals surface area contributed by atoms with Gasteiger partial charge in [-0.2, -0.15) is 0 Å². The number of nitrogens with one attached hydrogen (secondary N) is 1. The van der Waals surface area contributed by atoms with Crippen LogP contribution in [0.5, 0.6) is 0 Å². The number of hydrogen-bond donors (Lipinski definition) is 1. The molecule has 4 heteroatoms. The van der Waals surface area contributed by atoms with Gasteiger partial charge in [-0.15, -0.1) is 11.8 Å². The Morgan fingerprint density at radius 3 is 2.50 bits per heavy atom. The number of unbranched alkanes of at least 4 members (excludes halogenated alkanes) is 1. The van der Waals surface area contributed by atoms with Gasteiger partial charge in [0.25, 0.3) is 0 Å². The second-order valence-corrected chi connectivity index (χ2v) is 5.87. The molecule has 1 N–H and O–H groups in total. The Labute approximate surface area is 102 Å². The van der Waals surface area contributed by atoms with Crippen LogP contribution in [-0.4, -0.2) is 21.8 Å². The van der Waals surface area contributed by atoms with E-state index in [2.05, 4.69) is 12.2 Å². The van der Waals surface area contributed by atoms with Crippen LogP contribution in [-0.2, 0) is 9.59 Å². The number of hydrogen-bond acceptors (Lipinski definition) is 3. The summed E-state index contributed by atoms with van der Waals surface area (Å²) in [6, 6.07) is 0. The normalized spacial score (nSPS) is 30.3. The molecule has 16 heavy (non-hydrogen) atoms. The van der Waals surface area contributed by atoms with Crippen molar-refractivity contribution in [2.45, 2.75) is 62.9 Å². The molecular formula is C12H21NO2S. The van der Waals surface area contributed by atoms with Gasteiger partial charge in [0.2, 0.25) is 11.8 Å². The van der Waals surface area contributed by atoms with Crippen LogP contribution in [0.15, 0.2) is 0 Å². The van der Waals surface area contributed by atoms with Crippen molar-refractivity contribution in [3.05, 3.63) is 0 Å². The molecule has 1 rings (SSSR count). The Kier molecular flexibility index (Phi) is 4.84. The van der Waals surface area contributed by atoms with E-state index < -0.39 is 0 Å². The van der Waals surface area contributed by atoms with E-state index in [-0.39, 0.29) is 21.8 Å². The van der Waals surface area contributed by atoms with Crippen LogP contribution < -0.4 is 5.32 Å². The topological polar surface area (TPSA) is 46.2 Å². The number of carbonyl (C=O) groups is 2. The largest absolute Gasteiger partial charge is 0.294 e. The maximum atomic E-state index is 12.0. The van der Waals surface area contributed by atoms with Gasteiger partial charge in [0.1, 0.15) is 0 Å². The molecule has 0 aliphatic carbocycles. The summed E-state index contributed by atoms with van der Waals surface area (Å²) in [4.78, 5) is 23.5. The third-order valence-electron chi connectivity index (χ3n) is 3.19. The van der Waals surface area contributed by atoms with Gasteiger partial charge >= 0.3 is 0 Å². The fraction of sp³-hybridized carbons (Fsp3) is 0.833. The number of thioether (sulfide) groups is 1. The average Bonchev–Trinajstić information content (AvgIpc) is 2.29. The van der Waals surface area contributed by atoms with Gasteiger partial charge in [-0.25, -0.2) is 0 Å². The molecule has 2 amide bonds. The van der Waals surface area contributed by atoms with Crippen molar-refractivity contribution in [2.75, 3.05) is 0 Å². The van der Waals surface area contributed by atoms with Crippen molar-refractivity contribution in [3.8, 4) is 0 Å². The minimum atomic E-state index is -0.370. The predicted molar refractivity (Wildman–Crippen MR) is 67.4 cm³/mol. The van der Waals surface area contributed by atoms with E-state index in [1.165, 1.54) is 0 Å². The number of rotatable bonds is 5. The maximum Gasteiger partial charge on any atom is 0.242 e. The van der Waals surface area contributed by atoms with Gasteiger partial charge < -0.3 is 0 Å². The first-order valence-electron chi connectivity index (χ1n) is 6.12. The zero-order valence-corrected chi connectivity index (χ0v) is 11.2. The van der Waals surface area contributed by atoms with Crippen LogP contribution >= 0.6 is 11.8 Å². The van der Waals surface area contributed by atoms with Crippen molar-refractivity contribution in [1.82, 2.24) is 5.32 Å². The molecule has 0 aromatic carbocycles. The van der Waals surface area contributed by atoms with Gasteiger partial charge in [0.15, 0.2) is 0 Å². The van der Waals surface area contributed by atoms with Crippen LogP contribution in [0.25, 0.3) is 0 Å². The summed E-state index contributed by atoms with van der Waals surface area (Å²) in [7, 11) is 0.